The van der Waals surface area contributed by atoms with Gasteiger partial charge in [-0.15, -0.1) is 0 Å². The normalized spacial score (nSPS) is 18.3. The first-order chi connectivity index (χ1) is 13.0. The van der Waals surface area contributed by atoms with Gasteiger partial charge in [-0.1, -0.05) is 18.2 Å². The van der Waals surface area contributed by atoms with E-state index in [0.717, 1.165) is 24.8 Å². The zero-order valence-corrected chi connectivity index (χ0v) is 15.3. The summed E-state index contributed by atoms with van der Waals surface area (Å²) >= 11 is 0. The average molecular weight is 372 g/mol. The van der Waals surface area contributed by atoms with Gasteiger partial charge in [0.2, 0.25) is 5.91 Å². The molecule has 0 radical (unpaired) electrons. The molecule has 0 aliphatic carbocycles. The summed E-state index contributed by atoms with van der Waals surface area (Å²) in [7, 11) is 0. The summed E-state index contributed by atoms with van der Waals surface area (Å²) in [6, 6.07) is 6.50. The van der Waals surface area contributed by atoms with Gasteiger partial charge in [0.05, 0.1) is 5.52 Å². The van der Waals surface area contributed by atoms with E-state index in [-0.39, 0.29) is 24.1 Å². The number of amides is 2. The Labute approximate surface area is 156 Å². The molecule has 2 unspecified atom stereocenters. The zero-order chi connectivity index (χ0) is 19.4. The number of carboxylic acid groups (broad SMARTS) is 1. The van der Waals surface area contributed by atoms with Crippen molar-refractivity contribution in [2.24, 2.45) is 0 Å². The van der Waals surface area contributed by atoms with Gasteiger partial charge in [-0.05, 0) is 38.7 Å². The van der Waals surface area contributed by atoms with Gasteiger partial charge >= 0.3 is 5.97 Å². The number of likely N-dealkylation sites (tertiary alicyclic amines) is 1. The second-order valence-electron chi connectivity index (χ2n) is 6.93. The largest absolute Gasteiger partial charge is 0.481 e. The highest BCUT2D eigenvalue weighted by molar-refractivity contribution is 6.05. The molecule has 1 fully saturated rings. The van der Waals surface area contributed by atoms with Crippen LogP contribution in [0.3, 0.4) is 0 Å². The first-order valence-electron chi connectivity index (χ1n) is 9.23. The van der Waals surface area contributed by atoms with E-state index >= 15 is 0 Å². The molecule has 1 aromatic carbocycles. The molecule has 2 aromatic rings. The number of carbonyl (C=O) groups excluding carboxylic acids is 2. The number of para-hydroxylation sites is 1. The quantitative estimate of drug-likeness (QED) is 0.717. The maximum atomic E-state index is 12.9. The molecule has 1 saturated heterocycles. The molecule has 144 valence electrons. The number of carboxylic acids is 1. The highest BCUT2D eigenvalue weighted by Gasteiger charge is 2.31. The van der Waals surface area contributed by atoms with Gasteiger partial charge in [0.15, 0.2) is 5.69 Å². The van der Waals surface area contributed by atoms with Crippen LogP contribution in [-0.2, 0) is 9.59 Å². The maximum absolute atomic E-state index is 12.9. The number of fused-ring (bicyclic) bond motifs is 1. The van der Waals surface area contributed by atoms with Crippen LogP contribution in [0.4, 0.5) is 0 Å². The van der Waals surface area contributed by atoms with E-state index in [1.54, 1.807) is 17.9 Å². The number of aromatic nitrogens is 2. The van der Waals surface area contributed by atoms with Crippen molar-refractivity contribution in [1.29, 1.82) is 0 Å². The van der Waals surface area contributed by atoms with E-state index in [1.165, 1.54) is 0 Å². The number of hydrogen-bond acceptors (Lipinski definition) is 4. The van der Waals surface area contributed by atoms with E-state index in [1.807, 2.05) is 18.2 Å². The Morgan fingerprint density at radius 1 is 1.33 bits per heavy atom. The van der Waals surface area contributed by atoms with E-state index in [4.69, 9.17) is 5.11 Å². The zero-order valence-electron chi connectivity index (χ0n) is 15.3. The number of piperidine rings is 1. The molecule has 1 aliphatic heterocycles. The third-order valence-electron chi connectivity index (χ3n) is 5.01. The number of H-pyrrole nitrogens is 1. The van der Waals surface area contributed by atoms with Crippen molar-refractivity contribution in [3.8, 4) is 0 Å². The summed E-state index contributed by atoms with van der Waals surface area (Å²) in [6.07, 6.45) is 3.14. The van der Waals surface area contributed by atoms with Crippen LogP contribution in [-0.4, -0.2) is 56.6 Å². The van der Waals surface area contributed by atoms with Crippen LogP contribution in [0, 0.1) is 0 Å². The van der Waals surface area contributed by atoms with Crippen molar-refractivity contribution in [2.75, 3.05) is 6.54 Å². The van der Waals surface area contributed by atoms with Crippen LogP contribution in [0.25, 0.3) is 10.9 Å². The summed E-state index contributed by atoms with van der Waals surface area (Å²) < 4.78 is 0. The number of nitrogens with zero attached hydrogens (tertiary/aromatic N) is 2. The molecule has 3 N–H and O–H groups in total. The van der Waals surface area contributed by atoms with Gasteiger partial charge in [-0.2, -0.15) is 5.10 Å². The molecule has 8 heteroatoms. The van der Waals surface area contributed by atoms with Crippen molar-refractivity contribution in [3.05, 3.63) is 30.0 Å². The minimum atomic E-state index is -0.861. The van der Waals surface area contributed by atoms with Crippen LogP contribution in [0.5, 0.6) is 0 Å². The Balaban J connectivity index is 1.67. The minimum Gasteiger partial charge on any atom is -0.481 e. The topological polar surface area (TPSA) is 115 Å². The molecule has 0 saturated carbocycles. The lowest BCUT2D eigenvalue weighted by atomic mass is 9.97. The van der Waals surface area contributed by atoms with E-state index in [0.29, 0.717) is 18.4 Å². The van der Waals surface area contributed by atoms with Gasteiger partial charge in [0.25, 0.3) is 5.91 Å². The van der Waals surface area contributed by atoms with Crippen molar-refractivity contribution in [2.45, 2.75) is 51.1 Å². The Morgan fingerprint density at radius 2 is 2.11 bits per heavy atom. The Morgan fingerprint density at radius 3 is 2.89 bits per heavy atom. The summed E-state index contributed by atoms with van der Waals surface area (Å²) in [5.41, 5.74) is 1.01. The molecular formula is C19H24N4O4. The molecule has 27 heavy (non-hydrogen) atoms. The predicted molar refractivity (Wildman–Crippen MR) is 99.2 cm³/mol. The molecule has 0 spiro atoms. The van der Waals surface area contributed by atoms with Crippen molar-refractivity contribution >= 4 is 28.7 Å². The molecule has 2 atom stereocenters. The summed E-state index contributed by atoms with van der Waals surface area (Å²) in [5, 5.41) is 19.2. The monoisotopic (exact) mass is 372 g/mol. The van der Waals surface area contributed by atoms with Crippen LogP contribution in [0.15, 0.2) is 24.3 Å². The molecule has 2 amide bonds. The lowest BCUT2D eigenvalue weighted by molar-refractivity contribution is -0.140. The van der Waals surface area contributed by atoms with Gasteiger partial charge < -0.3 is 15.3 Å². The molecule has 1 aromatic heterocycles. The van der Waals surface area contributed by atoms with Crippen LogP contribution >= 0.6 is 0 Å². The minimum absolute atomic E-state index is 0.0362. The summed E-state index contributed by atoms with van der Waals surface area (Å²) in [4.78, 5) is 38.0. The molecular weight excluding hydrogens is 348 g/mol. The lowest BCUT2D eigenvalue weighted by Crippen LogP contribution is -2.52. The van der Waals surface area contributed by atoms with Gasteiger partial charge in [-0.3, -0.25) is 19.5 Å². The van der Waals surface area contributed by atoms with Crippen molar-refractivity contribution in [1.82, 2.24) is 20.4 Å². The first kappa shape index (κ1) is 18.9. The first-order valence-corrected chi connectivity index (χ1v) is 9.23. The smallest absolute Gasteiger partial charge is 0.303 e. The number of aliphatic carboxylic acids is 1. The summed E-state index contributed by atoms with van der Waals surface area (Å²) in [6.45, 7) is 2.24. The SMILES string of the molecule is CC(NC(=O)c1n[nH]c2ccccc12)C(=O)N1CCCCC1CCC(=O)O. The second kappa shape index (κ2) is 8.20. The Bertz CT molecular complexity index is 847. The van der Waals surface area contributed by atoms with E-state index < -0.39 is 17.9 Å². The Kier molecular flexibility index (Phi) is 5.73. The summed E-state index contributed by atoms with van der Waals surface area (Å²) in [5.74, 6) is -1.45. The molecule has 3 rings (SSSR count). The van der Waals surface area contributed by atoms with Crippen molar-refractivity contribution < 1.29 is 19.5 Å². The predicted octanol–water partition coefficient (Wildman–Crippen LogP) is 1.93. The van der Waals surface area contributed by atoms with Gasteiger partial charge in [0.1, 0.15) is 6.04 Å². The van der Waals surface area contributed by atoms with Gasteiger partial charge in [-0.25, -0.2) is 0 Å². The molecule has 0 bridgehead atoms. The van der Waals surface area contributed by atoms with Crippen molar-refractivity contribution in [3.63, 3.8) is 0 Å². The van der Waals surface area contributed by atoms with Gasteiger partial charge in [0, 0.05) is 24.4 Å². The van der Waals surface area contributed by atoms with E-state index in [9.17, 15) is 14.4 Å². The number of aromatic amines is 1. The lowest BCUT2D eigenvalue weighted by Gasteiger charge is -2.37. The molecule has 2 heterocycles. The fourth-order valence-electron chi connectivity index (χ4n) is 3.59. The second-order valence-corrected chi connectivity index (χ2v) is 6.93. The number of benzene rings is 1. The Hall–Kier alpha value is -2.90. The third kappa shape index (κ3) is 4.27. The number of carbonyl (C=O) groups is 3. The van der Waals surface area contributed by atoms with Crippen LogP contribution in [0.2, 0.25) is 0 Å². The molecule has 8 nitrogen and oxygen atoms in total. The van der Waals surface area contributed by atoms with Crippen LogP contribution in [0.1, 0.15) is 49.5 Å². The third-order valence-corrected chi connectivity index (χ3v) is 5.01. The number of nitrogens with one attached hydrogen (secondary N) is 2. The number of rotatable bonds is 6. The molecule has 1 aliphatic rings. The van der Waals surface area contributed by atoms with E-state index in [2.05, 4.69) is 15.5 Å². The average Bonchev–Trinajstić information content (AvgIpc) is 3.10. The highest BCUT2D eigenvalue weighted by atomic mass is 16.4. The fraction of sp³-hybridized carbons (Fsp3) is 0.474. The highest BCUT2D eigenvalue weighted by Crippen LogP contribution is 2.22. The standard InChI is InChI=1S/C19H24N4O4/c1-12(19(27)23-11-5-4-6-13(23)9-10-16(24)25)20-18(26)17-14-7-2-3-8-15(14)21-22-17/h2-3,7-8,12-13H,4-6,9-11H2,1H3,(H,20,26)(H,21,22)(H,24,25). The van der Waals surface area contributed by atoms with Crippen LogP contribution < -0.4 is 5.32 Å². The fourth-order valence-corrected chi connectivity index (χ4v) is 3.59. The number of hydrogen-bond donors (Lipinski definition) is 3. The maximum Gasteiger partial charge on any atom is 0.303 e.